The average molecular weight is 362 g/mol. The zero-order valence-electron chi connectivity index (χ0n) is 14.7. The van der Waals surface area contributed by atoms with Crippen molar-refractivity contribution in [3.05, 3.63) is 52.7 Å². The van der Waals surface area contributed by atoms with E-state index in [4.69, 9.17) is 16.0 Å². The summed E-state index contributed by atoms with van der Waals surface area (Å²) in [7, 11) is 3.82. The molecule has 1 fully saturated rings. The SMILES string of the molecule is CN(C)CC(=O)N1CCCC[C@H]1c1ncc(Cc2ccc(Cl)cc2)o1. The Balaban J connectivity index is 1.72. The zero-order chi connectivity index (χ0) is 17.8. The lowest BCUT2D eigenvalue weighted by atomic mass is 10.0. The van der Waals surface area contributed by atoms with Gasteiger partial charge in [-0.1, -0.05) is 23.7 Å². The molecule has 0 bridgehead atoms. The normalized spacial score (nSPS) is 17.9. The molecule has 25 heavy (non-hydrogen) atoms. The number of piperidine rings is 1. The fraction of sp³-hybridized carbons (Fsp3) is 0.474. The van der Waals surface area contributed by atoms with E-state index < -0.39 is 0 Å². The number of carbonyl (C=O) groups is 1. The molecule has 1 aromatic heterocycles. The van der Waals surface area contributed by atoms with Crippen LogP contribution in [0.1, 0.15) is 42.5 Å². The number of carbonyl (C=O) groups excluding carboxylic acids is 1. The Kier molecular flexibility index (Phi) is 5.76. The molecule has 0 saturated carbocycles. The molecule has 1 aliphatic rings. The van der Waals surface area contributed by atoms with Crippen molar-refractivity contribution in [3.63, 3.8) is 0 Å². The minimum absolute atomic E-state index is 0.0554. The number of amides is 1. The molecular formula is C19H24ClN3O2. The molecule has 0 unspecified atom stereocenters. The summed E-state index contributed by atoms with van der Waals surface area (Å²) in [5.41, 5.74) is 1.12. The van der Waals surface area contributed by atoms with Crippen molar-refractivity contribution in [1.29, 1.82) is 0 Å². The monoisotopic (exact) mass is 361 g/mol. The molecule has 1 amide bonds. The molecule has 1 aromatic carbocycles. The number of likely N-dealkylation sites (tertiary alicyclic amines) is 1. The Morgan fingerprint density at radius 1 is 1.32 bits per heavy atom. The Bertz CT molecular complexity index is 712. The van der Waals surface area contributed by atoms with Crippen LogP contribution < -0.4 is 0 Å². The van der Waals surface area contributed by atoms with Gasteiger partial charge in [0.25, 0.3) is 0 Å². The summed E-state index contributed by atoms with van der Waals surface area (Å²) in [5.74, 6) is 1.59. The van der Waals surface area contributed by atoms with Crippen LogP contribution in [0.2, 0.25) is 5.02 Å². The third kappa shape index (κ3) is 4.61. The van der Waals surface area contributed by atoms with Gasteiger partial charge in [-0.15, -0.1) is 0 Å². The predicted octanol–water partition coefficient (Wildman–Crippen LogP) is 3.53. The quantitative estimate of drug-likeness (QED) is 0.817. The van der Waals surface area contributed by atoms with E-state index in [-0.39, 0.29) is 11.9 Å². The second-order valence-electron chi connectivity index (χ2n) is 6.80. The molecule has 1 aliphatic heterocycles. The number of benzene rings is 1. The average Bonchev–Trinajstić information content (AvgIpc) is 3.05. The highest BCUT2D eigenvalue weighted by atomic mass is 35.5. The molecule has 0 N–H and O–H groups in total. The van der Waals surface area contributed by atoms with E-state index in [0.717, 1.165) is 42.2 Å². The van der Waals surface area contributed by atoms with Crippen LogP contribution in [0.25, 0.3) is 0 Å². The van der Waals surface area contributed by atoms with Gasteiger partial charge in [-0.25, -0.2) is 4.98 Å². The van der Waals surface area contributed by atoms with E-state index in [1.165, 1.54) is 0 Å². The minimum atomic E-state index is -0.0554. The van der Waals surface area contributed by atoms with Crippen LogP contribution in [-0.4, -0.2) is 47.9 Å². The lowest BCUT2D eigenvalue weighted by Gasteiger charge is -2.34. The first kappa shape index (κ1) is 18.0. The van der Waals surface area contributed by atoms with E-state index in [0.29, 0.717) is 18.9 Å². The molecule has 0 spiro atoms. The van der Waals surface area contributed by atoms with Crippen LogP contribution in [-0.2, 0) is 11.2 Å². The van der Waals surface area contributed by atoms with Gasteiger partial charge in [-0.05, 0) is 51.1 Å². The van der Waals surface area contributed by atoms with Crippen molar-refractivity contribution in [2.45, 2.75) is 31.7 Å². The molecule has 2 heterocycles. The topological polar surface area (TPSA) is 49.6 Å². The van der Waals surface area contributed by atoms with E-state index in [2.05, 4.69) is 4.98 Å². The highest BCUT2D eigenvalue weighted by molar-refractivity contribution is 6.30. The highest BCUT2D eigenvalue weighted by Crippen LogP contribution is 2.31. The molecule has 134 valence electrons. The van der Waals surface area contributed by atoms with E-state index in [9.17, 15) is 4.79 Å². The molecule has 1 saturated heterocycles. The number of halogens is 1. The summed E-state index contributed by atoms with van der Waals surface area (Å²) >= 11 is 5.93. The molecule has 6 heteroatoms. The number of likely N-dealkylation sites (N-methyl/N-ethyl adjacent to an activating group) is 1. The molecule has 1 atom stereocenters. The molecule has 0 aliphatic carbocycles. The third-order valence-electron chi connectivity index (χ3n) is 4.42. The second kappa shape index (κ2) is 8.02. The Morgan fingerprint density at radius 2 is 2.08 bits per heavy atom. The van der Waals surface area contributed by atoms with Crippen molar-refractivity contribution in [3.8, 4) is 0 Å². The summed E-state index contributed by atoms with van der Waals surface area (Å²) in [6.45, 7) is 1.18. The van der Waals surface area contributed by atoms with Crippen LogP contribution in [0.3, 0.4) is 0 Å². The van der Waals surface area contributed by atoms with Gasteiger partial charge in [0.15, 0.2) is 0 Å². The van der Waals surface area contributed by atoms with Crippen LogP contribution in [0.4, 0.5) is 0 Å². The van der Waals surface area contributed by atoms with Crippen LogP contribution in [0.15, 0.2) is 34.9 Å². The van der Waals surface area contributed by atoms with Crippen LogP contribution in [0.5, 0.6) is 0 Å². The second-order valence-corrected chi connectivity index (χ2v) is 7.24. The van der Waals surface area contributed by atoms with Crippen LogP contribution in [0, 0.1) is 0 Å². The number of aromatic nitrogens is 1. The maximum Gasteiger partial charge on any atom is 0.237 e. The smallest absolute Gasteiger partial charge is 0.237 e. The summed E-state index contributed by atoms with van der Waals surface area (Å²) < 4.78 is 5.99. The maximum absolute atomic E-state index is 12.5. The van der Waals surface area contributed by atoms with Gasteiger partial charge < -0.3 is 14.2 Å². The largest absolute Gasteiger partial charge is 0.443 e. The molecular weight excluding hydrogens is 338 g/mol. The number of nitrogens with zero attached hydrogens (tertiary/aromatic N) is 3. The summed E-state index contributed by atoms with van der Waals surface area (Å²) in [6, 6.07) is 7.66. The number of rotatable bonds is 5. The van der Waals surface area contributed by atoms with Gasteiger partial charge >= 0.3 is 0 Å². The van der Waals surface area contributed by atoms with Gasteiger partial charge in [0.05, 0.1) is 12.7 Å². The van der Waals surface area contributed by atoms with Gasteiger partial charge in [0.2, 0.25) is 11.8 Å². The molecule has 5 nitrogen and oxygen atoms in total. The first-order valence-electron chi connectivity index (χ1n) is 8.66. The lowest BCUT2D eigenvalue weighted by molar-refractivity contribution is -0.136. The summed E-state index contributed by atoms with van der Waals surface area (Å²) in [4.78, 5) is 20.8. The Morgan fingerprint density at radius 3 is 2.80 bits per heavy atom. The van der Waals surface area contributed by atoms with Crippen molar-refractivity contribution >= 4 is 17.5 Å². The Hall–Kier alpha value is -1.85. The third-order valence-corrected chi connectivity index (χ3v) is 4.67. The summed E-state index contributed by atoms with van der Waals surface area (Å²) in [6.07, 6.45) is 5.47. The minimum Gasteiger partial charge on any atom is -0.443 e. The van der Waals surface area contributed by atoms with E-state index in [1.54, 1.807) is 6.20 Å². The number of hydrogen-bond donors (Lipinski definition) is 0. The van der Waals surface area contributed by atoms with Crippen molar-refractivity contribution < 1.29 is 9.21 Å². The van der Waals surface area contributed by atoms with Crippen LogP contribution >= 0.6 is 11.6 Å². The fourth-order valence-electron chi connectivity index (χ4n) is 3.21. The lowest BCUT2D eigenvalue weighted by Crippen LogP contribution is -2.42. The molecule has 3 rings (SSSR count). The number of hydrogen-bond acceptors (Lipinski definition) is 4. The zero-order valence-corrected chi connectivity index (χ0v) is 15.5. The molecule has 2 aromatic rings. The fourth-order valence-corrected chi connectivity index (χ4v) is 3.34. The van der Waals surface area contributed by atoms with Gasteiger partial charge in [0.1, 0.15) is 11.8 Å². The number of oxazole rings is 1. The first-order valence-corrected chi connectivity index (χ1v) is 9.04. The van der Waals surface area contributed by atoms with Gasteiger partial charge in [0, 0.05) is 18.0 Å². The first-order chi connectivity index (χ1) is 12.0. The highest BCUT2D eigenvalue weighted by Gasteiger charge is 2.31. The van der Waals surface area contributed by atoms with Crippen molar-refractivity contribution in [2.24, 2.45) is 0 Å². The predicted molar refractivity (Wildman–Crippen MR) is 97.6 cm³/mol. The summed E-state index contributed by atoms with van der Waals surface area (Å²) in [5, 5.41) is 0.722. The Labute approximate surface area is 153 Å². The van der Waals surface area contributed by atoms with Gasteiger partial charge in [-0.3, -0.25) is 4.79 Å². The standard InChI is InChI=1S/C19H24ClN3O2/c1-22(2)13-18(24)23-10-4-3-5-17(23)19-21-12-16(25-19)11-14-6-8-15(20)9-7-14/h6-9,12,17H,3-5,10-11,13H2,1-2H3/t17-/m0/s1. The van der Waals surface area contributed by atoms with Crippen molar-refractivity contribution in [2.75, 3.05) is 27.2 Å². The van der Waals surface area contributed by atoms with E-state index >= 15 is 0 Å². The van der Waals surface area contributed by atoms with Crippen molar-refractivity contribution in [1.82, 2.24) is 14.8 Å². The maximum atomic E-state index is 12.5. The van der Waals surface area contributed by atoms with Gasteiger partial charge in [-0.2, -0.15) is 0 Å². The van der Waals surface area contributed by atoms with E-state index in [1.807, 2.05) is 48.2 Å². The molecule has 0 radical (unpaired) electrons.